The molecular weight excluding hydrogens is 1660 g/mol. The van der Waals surface area contributed by atoms with Gasteiger partial charge in [-0.2, -0.15) is 0 Å². The number of rotatable bonds is 30. The molecule has 18 heteroatoms. The topological polar surface area (TPSA) is 213 Å². The lowest BCUT2D eigenvalue weighted by Gasteiger charge is -2.54. The van der Waals surface area contributed by atoms with Gasteiger partial charge in [0.15, 0.2) is 38.2 Å². The molecule has 28 unspecified atom stereocenters. The molecule has 20 rings (SSSR count). The Bertz CT molecular complexity index is 3310. The molecule has 132 heavy (non-hydrogen) atoms. The Balaban J connectivity index is 0.000000780. The van der Waals surface area contributed by atoms with Gasteiger partial charge in [0.25, 0.3) is 0 Å². The predicted molar refractivity (Wildman–Crippen MR) is 542 cm³/mol. The summed E-state index contributed by atoms with van der Waals surface area (Å²) in [6.45, 7) is 38.9. The fourth-order valence-electron chi connectivity index (χ4n) is 28.3. The minimum absolute atomic E-state index is 0. The average molecular weight is 1870 g/mol. The van der Waals surface area contributed by atoms with Crippen molar-refractivity contribution >= 4 is 35.8 Å². The maximum atomic E-state index is 12.2. The SMILES string of the molecule is C.C.C.C.C.C.C.C.C.C.C.C.CCC(C)(C)C(=O)OC(C)OC1C2CC3CC(C2)CC1C3.CCC(C)(C)C(=O)OC(C)OC1CC2CCC1C2.CCC(C)(C)C(=O)OCOC1CC2CC1C1C3CCC(C3)C21.CCC(C)C(=O)OC(C)OC1C2CC3CC(C2)CC1C3.CCC(C)C(=O)OC(C)OC1CC2CC1C1C3CCC(C3)C21.CCC(C)C(=O)OC(C)OC1CC2CCC1C2. The molecule has 28 atom stereocenters. The second-order valence-electron chi connectivity index (χ2n) is 45.1. The van der Waals surface area contributed by atoms with Crippen molar-refractivity contribution in [1.82, 2.24) is 0 Å². The van der Waals surface area contributed by atoms with Crippen molar-refractivity contribution in [3.05, 3.63) is 0 Å². The van der Waals surface area contributed by atoms with Gasteiger partial charge in [-0.25, -0.2) is 0 Å². The highest BCUT2D eigenvalue weighted by atomic mass is 16.7. The van der Waals surface area contributed by atoms with Crippen LogP contribution in [-0.2, 0) is 85.6 Å². The van der Waals surface area contributed by atoms with Crippen molar-refractivity contribution in [2.75, 3.05) is 6.79 Å². The number of carbonyl (C=O) groups is 6. The van der Waals surface area contributed by atoms with Crippen molar-refractivity contribution in [2.45, 2.75) is 514 Å². The van der Waals surface area contributed by atoms with Gasteiger partial charge in [-0.05, 0) is 436 Å². The van der Waals surface area contributed by atoms with Gasteiger partial charge in [-0.15, -0.1) is 0 Å². The van der Waals surface area contributed by atoms with Crippen LogP contribution in [-0.4, -0.2) is 111 Å². The Kier molecular flexibility index (Phi) is 52.3. The van der Waals surface area contributed by atoms with Crippen LogP contribution in [0.3, 0.4) is 0 Å². The van der Waals surface area contributed by atoms with Crippen molar-refractivity contribution in [3.63, 3.8) is 0 Å². The molecule has 20 aliphatic rings. The summed E-state index contributed by atoms with van der Waals surface area (Å²) < 4.78 is 68.9. The summed E-state index contributed by atoms with van der Waals surface area (Å²) in [4.78, 5) is 71.5. The van der Waals surface area contributed by atoms with E-state index in [1.54, 1.807) is 0 Å². The van der Waals surface area contributed by atoms with Gasteiger partial charge in [0.05, 0.1) is 70.6 Å². The Hall–Kier alpha value is -3.42. The zero-order valence-corrected chi connectivity index (χ0v) is 78.5. The number of esters is 6. The highest BCUT2D eigenvalue weighted by Gasteiger charge is 2.65. The monoisotopic (exact) mass is 1870 g/mol. The van der Waals surface area contributed by atoms with Gasteiger partial charge < -0.3 is 56.8 Å². The second kappa shape index (κ2) is 54.5. The lowest BCUT2D eigenvalue weighted by molar-refractivity contribution is -0.224. The lowest BCUT2D eigenvalue weighted by atomic mass is 9.55. The summed E-state index contributed by atoms with van der Waals surface area (Å²) in [7, 11) is 0. The summed E-state index contributed by atoms with van der Waals surface area (Å²) in [5.74, 6) is 20.2. The zero-order valence-electron chi connectivity index (χ0n) is 78.5. The number of fused-ring (bicyclic) bond motifs is 22. The van der Waals surface area contributed by atoms with E-state index in [1.807, 2.05) is 138 Å². The standard InChI is InChI=1S/2C19H30O3.C18H30O3.C17H28O3.C15H26O3.C14H24O3.12CH4/c1-4-19(2,3)18(20)22-10-21-15-9-13-8-14(15)17-12-6-5-11(7-12)16(13)17;1-4-10(2)19(20)22-11(3)21-16-9-14-8-15(16)18-13-6-5-12(7-13)17(14)18;1-5-18(3,4)17(19)21-11(2)20-16-14-7-12-6-13(9-14)10-15(16)8-12;1-4-10(2)17(18)20-11(3)19-16-14-6-12-5-13(8-14)9-15(16)7-12;1-5-15(3,4)14(16)18-10(2)17-13-9-11-6-7-12(13)8-11;1-4-9(2)14(15)17-10(3)16-13-8-11-5-6-12(13)7-11;;;;;;;;;;;;/h11-17H,4-10H2,1-3H3;10-18H,4-9H2,1-3H3;11-16H,5-10H2,1-4H3;10-16H,4-9H2,1-3H3;10-13H,5-9H2,1-4H3;9-13H,4-8H2,1-3H3;12*1H4. The molecule has 0 spiro atoms. The third-order valence-electron chi connectivity index (χ3n) is 36.0. The largest absolute Gasteiger partial charge is 0.438 e. The molecule has 20 saturated carbocycles. The molecule has 18 nitrogen and oxygen atoms in total. The molecule has 0 radical (unpaired) electrons. The molecule has 0 aromatic heterocycles. The molecule has 0 saturated heterocycles. The maximum Gasteiger partial charge on any atom is 0.313 e. The second-order valence-corrected chi connectivity index (χ2v) is 45.1. The fraction of sp³-hybridized carbons (Fsp3) is 0.947. The molecule has 0 aliphatic heterocycles. The minimum Gasteiger partial charge on any atom is -0.438 e. The van der Waals surface area contributed by atoms with Crippen LogP contribution in [0.2, 0.25) is 0 Å². The summed E-state index contributed by atoms with van der Waals surface area (Å²) in [6.07, 6.45) is 42.7. The first-order valence-corrected chi connectivity index (χ1v) is 50.2. The average Bonchev–Trinajstić information content (AvgIpc) is 1.55. The Labute approximate surface area is 813 Å². The van der Waals surface area contributed by atoms with Gasteiger partial charge in [0, 0.05) is 0 Å². The van der Waals surface area contributed by atoms with E-state index in [9.17, 15) is 28.8 Å². The van der Waals surface area contributed by atoms with E-state index in [0.29, 0.717) is 60.3 Å². The van der Waals surface area contributed by atoms with Crippen molar-refractivity contribution in [1.29, 1.82) is 0 Å². The molecule has 0 aromatic carbocycles. The first kappa shape index (κ1) is 127. The van der Waals surface area contributed by atoms with Gasteiger partial charge in [-0.3, -0.25) is 28.8 Å². The predicted octanol–water partition coefficient (Wildman–Crippen LogP) is 30.2. The van der Waals surface area contributed by atoms with Crippen LogP contribution >= 0.6 is 0 Å². The van der Waals surface area contributed by atoms with E-state index >= 15 is 0 Å². The molecule has 20 bridgehead atoms. The number of hydrogen-bond donors (Lipinski definition) is 0. The maximum absolute atomic E-state index is 12.2. The first-order valence-electron chi connectivity index (χ1n) is 50.2. The van der Waals surface area contributed by atoms with E-state index in [0.717, 1.165) is 170 Å². The third kappa shape index (κ3) is 29.6. The normalized spacial score (nSPS) is 36.9. The molecule has 0 heterocycles. The van der Waals surface area contributed by atoms with Crippen LogP contribution in [0.5, 0.6) is 0 Å². The summed E-state index contributed by atoms with van der Waals surface area (Å²) >= 11 is 0. The summed E-state index contributed by atoms with van der Waals surface area (Å²) in [5.41, 5.74) is -1.22. The van der Waals surface area contributed by atoms with Crippen LogP contribution in [0.15, 0.2) is 0 Å². The van der Waals surface area contributed by atoms with Gasteiger partial charge in [-0.1, -0.05) is 151 Å². The van der Waals surface area contributed by atoms with Crippen LogP contribution in [0.1, 0.15) is 446 Å². The van der Waals surface area contributed by atoms with Crippen molar-refractivity contribution < 1.29 is 85.6 Å². The molecule has 20 fully saturated rings. The molecule has 20 aliphatic carbocycles. The third-order valence-corrected chi connectivity index (χ3v) is 36.0. The van der Waals surface area contributed by atoms with E-state index in [2.05, 4.69) is 0 Å². The Morgan fingerprint density at radius 1 is 0.258 bits per heavy atom. The van der Waals surface area contributed by atoms with Crippen molar-refractivity contribution in [2.24, 2.45) is 176 Å². The highest BCUT2D eigenvalue weighted by molar-refractivity contribution is 5.77. The van der Waals surface area contributed by atoms with E-state index < -0.39 is 28.8 Å². The van der Waals surface area contributed by atoms with Crippen LogP contribution in [0.25, 0.3) is 0 Å². The molecule has 0 amide bonds. The zero-order chi connectivity index (χ0) is 86.1. The van der Waals surface area contributed by atoms with Gasteiger partial charge >= 0.3 is 35.8 Å². The minimum atomic E-state index is -0.415. The molecule has 0 aromatic rings. The van der Waals surface area contributed by atoms with Crippen LogP contribution in [0.4, 0.5) is 0 Å². The summed E-state index contributed by atoms with van der Waals surface area (Å²) in [6, 6.07) is 0. The molecular formula is C114H216O18. The van der Waals surface area contributed by atoms with E-state index in [4.69, 9.17) is 56.8 Å². The van der Waals surface area contributed by atoms with Crippen molar-refractivity contribution in [3.8, 4) is 0 Å². The van der Waals surface area contributed by atoms with E-state index in [-0.39, 0.29) is 168 Å². The fourth-order valence-corrected chi connectivity index (χ4v) is 28.3. The number of ether oxygens (including phenoxy) is 12. The number of carbonyl (C=O) groups excluding carboxylic acids is 6. The quantitative estimate of drug-likeness (QED) is 0.0283. The number of hydrogen-bond acceptors (Lipinski definition) is 18. The lowest BCUT2D eigenvalue weighted by Crippen LogP contribution is -2.50. The van der Waals surface area contributed by atoms with Crippen LogP contribution in [0, 0.1) is 176 Å². The Morgan fingerprint density at radius 2 is 0.530 bits per heavy atom. The highest BCUT2D eigenvalue weighted by Crippen LogP contribution is 2.70. The van der Waals surface area contributed by atoms with Gasteiger partial charge in [0.2, 0.25) is 0 Å². The summed E-state index contributed by atoms with van der Waals surface area (Å²) in [5, 5.41) is 0. The molecule has 780 valence electrons. The smallest absolute Gasteiger partial charge is 0.313 e. The Morgan fingerprint density at radius 3 is 0.841 bits per heavy atom. The van der Waals surface area contributed by atoms with Gasteiger partial charge in [0.1, 0.15) is 0 Å². The van der Waals surface area contributed by atoms with Crippen LogP contribution < -0.4 is 0 Å². The first-order chi connectivity index (χ1) is 57.1. The molecule has 0 N–H and O–H groups in total. The van der Waals surface area contributed by atoms with E-state index in [1.165, 1.54) is 167 Å².